The average Bonchev–Trinajstić information content (AvgIpc) is 3.11. The summed E-state index contributed by atoms with van der Waals surface area (Å²) in [6, 6.07) is 1.58. The van der Waals surface area contributed by atoms with Gasteiger partial charge in [-0.15, -0.1) is 11.8 Å². The molecule has 2 aromatic rings. The summed E-state index contributed by atoms with van der Waals surface area (Å²) in [4.78, 5) is 18.6. The van der Waals surface area contributed by atoms with Crippen LogP contribution in [0.2, 0.25) is 0 Å². The number of aryl methyl sites for hydroxylation is 1. The van der Waals surface area contributed by atoms with Crippen molar-refractivity contribution in [2.24, 2.45) is 0 Å². The molecular formula is C16H22N4O2S2. The van der Waals surface area contributed by atoms with E-state index < -0.39 is 5.97 Å². The Morgan fingerprint density at radius 2 is 2.04 bits per heavy atom. The minimum atomic E-state index is -0.983. The predicted octanol–water partition coefficient (Wildman–Crippen LogP) is 3.83. The fourth-order valence-electron chi connectivity index (χ4n) is 2.77. The number of thioether (sulfide) groups is 1. The maximum Gasteiger partial charge on any atom is 0.354 e. The minimum absolute atomic E-state index is 0.160. The molecule has 130 valence electrons. The second-order valence-corrected chi connectivity index (χ2v) is 9.03. The Balaban J connectivity index is 2.03. The highest BCUT2D eigenvalue weighted by atomic mass is 32.2. The van der Waals surface area contributed by atoms with E-state index in [-0.39, 0.29) is 5.69 Å². The van der Waals surface area contributed by atoms with Gasteiger partial charge in [-0.2, -0.15) is 14.8 Å². The van der Waals surface area contributed by atoms with Crippen molar-refractivity contribution in [2.75, 3.05) is 18.0 Å². The lowest BCUT2D eigenvalue weighted by atomic mass is 10.1. The van der Waals surface area contributed by atoms with Gasteiger partial charge < -0.3 is 10.0 Å². The zero-order valence-electron chi connectivity index (χ0n) is 14.2. The maximum absolute atomic E-state index is 11.5. The molecule has 1 aliphatic heterocycles. The minimum Gasteiger partial charge on any atom is -0.477 e. The SMILES string of the molecule is Cc1cc(C(=O)O)n(-c2nc(N3CCCCC3)c(SC(C)C)s2)n1. The number of rotatable bonds is 5. The molecule has 0 radical (unpaired) electrons. The molecule has 6 nitrogen and oxygen atoms in total. The van der Waals surface area contributed by atoms with E-state index in [1.54, 1.807) is 24.8 Å². The van der Waals surface area contributed by atoms with Crippen LogP contribution in [-0.2, 0) is 0 Å². The number of carbonyl (C=O) groups is 1. The molecule has 0 saturated carbocycles. The van der Waals surface area contributed by atoms with Crippen LogP contribution in [0.15, 0.2) is 10.3 Å². The van der Waals surface area contributed by atoms with Crippen LogP contribution >= 0.6 is 23.1 Å². The van der Waals surface area contributed by atoms with Crippen molar-refractivity contribution in [3.8, 4) is 5.13 Å². The second-order valence-electron chi connectivity index (χ2n) is 6.21. The molecular weight excluding hydrogens is 344 g/mol. The third-order valence-corrected chi connectivity index (χ3v) is 6.02. The third kappa shape index (κ3) is 3.59. The first-order valence-corrected chi connectivity index (χ1v) is 9.88. The Morgan fingerprint density at radius 1 is 1.33 bits per heavy atom. The van der Waals surface area contributed by atoms with Gasteiger partial charge in [-0.05, 0) is 32.3 Å². The van der Waals surface area contributed by atoms with Gasteiger partial charge in [-0.25, -0.2) is 4.79 Å². The first kappa shape index (κ1) is 17.3. The van der Waals surface area contributed by atoms with E-state index in [0.717, 1.165) is 23.1 Å². The quantitative estimate of drug-likeness (QED) is 0.811. The van der Waals surface area contributed by atoms with Gasteiger partial charge in [-0.1, -0.05) is 25.2 Å². The Kier molecular flexibility index (Phi) is 5.15. The summed E-state index contributed by atoms with van der Waals surface area (Å²) in [6.45, 7) is 8.14. The molecule has 1 aliphatic rings. The lowest BCUT2D eigenvalue weighted by Crippen LogP contribution is -2.30. The van der Waals surface area contributed by atoms with Crippen LogP contribution in [0.1, 0.15) is 49.3 Å². The largest absolute Gasteiger partial charge is 0.477 e. The molecule has 0 unspecified atom stereocenters. The number of carboxylic acids is 1. The zero-order chi connectivity index (χ0) is 17.3. The number of piperidine rings is 1. The molecule has 1 saturated heterocycles. The standard InChI is InChI=1S/C16H22N4O2S2/c1-10(2)23-15-13(19-7-5-4-6-8-19)17-16(24-15)20-12(14(21)22)9-11(3)18-20/h9-10H,4-8H2,1-3H3,(H,21,22). The number of hydrogen-bond acceptors (Lipinski definition) is 6. The van der Waals surface area contributed by atoms with Crippen LogP contribution in [-0.4, -0.2) is 44.2 Å². The predicted molar refractivity (Wildman–Crippen MR) is 98.0 cm³/mol. The molecule has 0 spiro atoms. The zero-order valence-corrected chi connectivity index (χ0v) is 15.8. The summed E-state index contributed by atoms with van der Waals surface area (Å²) in [6.07, 6.45) is 3.63. The van der Waals surface area contributed by atoms with Crippen molar-refractivity contribution in [3.63, 3.8) is 0 Å². The van der Waals surface area contributed by atoms with E-state index in [0.29, 0.717) is 16.1 Å². The maximum atomic E-state index is 11.5. The van der Waals surface area contributed by atoms with Gasteiger partial charge in [0.1, 0.15) is 4.21 Å². The molecule has 2 aromatic heterocycles. The number of aromatic carboxylic acids is 1. The average molecular weight is 367 g/mol. The topological polar surface area (TPSA) is 71.2 Å². The summed E-state index contributed by atoms with van der Waals surface area (Å²) in [7, 11) is 0. The van der Waals surface area contributed by atoms with E-state index in [2.05, 4.69) is 23.8 Å². The Labute approximate surface area is 149 Å². The lowest BCUT2D eigenvalue weighted by molar-refractivity contribution is 0.0687. The van der Waals surface area contributed by atoms with Crippen LogP contribution in [0.4, 0.5) is 5.82 Å². The van der Waals surface area contributed by atoms with Crippen molar-refractivity contribution in [2.45, 2.75) is 49.5 Å². The summed E-state index contributed by atoms with van der Waals surface area (Å²) in [5.41, 5.74) is 0.840. The molecule has 0 aromatic carbocycles. The van der Waals surface area contributed by atoms with Crippen LogP contribution in [0.3, 0.4) is 0 Å². The number of hydrogen-bond donors (Lipinski definition) is 1. The van der Waals surface area contributed by atoms with E-state index in [9.17, 15) is 9.90 Å². The molecule has 3 rings (SSSR count). The van der Waals surface area contributed by atoms with Gasteiger partial charge in [0.25, 0.3) is 0 Å². The fourth-order valence-corrected chi connectivity index (χ4v) is 5.26. The molecule has 24 heavy (non-hydrogen) atoms. The summed E-state index contributed by atoms with van der Waals surface area (Å²) in [5, 5.41) is 14.8. The van der Waals surface area contributed by atoms with Crippen molar-refractivity contribution < 1.29 is 9.90 Å². The molecule has 1 fully saturated rings. The third-order valence-electron chi connectivity index (χ3n) is 3.80. The monoisotopic (exact) mass is 366 g/mol. The molecule has 0 aliphatic carbocycles. The van der Waals surface area contributed by atoms with Crippen LogP contribution in [0, 0.1) is 6.92 Å². The molecule has 8 heteroatoms. The summed E-state index contributed by atoms with van der Waals surface area (Å²) >= 11 is 3.31. The van der Waals surface area contributed by atoms with Gasteiger partial charge >= 0.3 is 5.97 Å². The fraction of sp³-hybridized carbons (Fsp3) is 0.562. The van der Waals surface area contributed by atoms with Gasteiger partial charge in [0.2, 0.25) is 5.13 Å². The van der Waals surface area contributed by atoms with Crippen LogP contribution < -0.4 is 4.90 Å². The van der Waals surface area contributed by atoms with Crippen molar-refractivity contribution >= 4 is 34.9 Å². The van der Waals surface area contributed by atoms with Gasteiger partial charge in [0.05, 0.1) is 5.69 Å². The first-order valence-electron chi connectivity index (χ1n) is 8.18. The van der Waals surface area contributed by atoms with Crippen molar-refractivity contribution in [1.82, 2.24) is 14.8 Å². The number of anilines is 1. The first-order chi connectivity index (χ1) is 11.5. The highest BCUT2D eigenvalue weighted by Crippen LogP contribution is 2.40. The smallest absolute Gasteiger partial charge is 0.354 e. The highest BCUT2D eigenvalue weighted by Gasteiger charge is 2.24. The van der Waals surface area contributed by atoms with E-state index >= 15 is 0 Å². The molecule has 0 atom stereocenters. The summed E-state index contributed by atoms with van der Waals surface area (Å²) in [5.74, 6) is 0.00118. The summed E-state index contributed by atoms with van der Waals surface area (Å²) < 4.78 is 2.60. The van der Waals surface area contributed by atoms with E-state index in [1.165, 1.54) is 35.3 Å². The van der Waals surface area contributed by atoms with Crippen molar-refractivity contribution in [3.05, 3.63) is 17.5 Å². The van der Waals surface area contributed by atoms with Crippen LogP contribution in [0.25, 0.3) is 5.13 Å². The Bertz CT molecular complexity index is 733. The lowest BCUT2D eigenvalue weighted by Gasteiger charge is -2.27. The van der Waals surface area contributed by atoms with Gasteiger partial charge in [-0.3, -0.25) is 0 Å². The number of aromatic nitrogens is 3. The normalized spacial score (nSPS) is 15.2. The van der Waals surface area contributed by atoms with Gasteiger partial charge in [0.15, 0.2) is 11.5 Å². The molecule has 1 N–H and O–H groups in total. The second kappa shape index (κ2) is 7.14. The molecule has 0 bridgehead atoms. The van der Waals surface area contributed by atoms with E-state index in [4.69, 9.17) is 4.98 Å². The highest BCUT2D eigenvalue weighted by molar-refractivity contribution is 8.01. The molecule has 0 amide bonds. The molecule has 3 heterocycles. The Hall–Kier alpha value is -1.54. The number of nitrogens with zero attached hydrogens (tertiary/aromatic N) is 4. The Morgan fingerprint density at radius 3 is 2.67 bits per heavy atom. The van der Waals surface area contributed by atoms with Gasteiger partial charge in [0, 0.05) is 18.3 Å². The number of thiazole rings is 1. The number of carboxylic acid groups (broad SMARTS) is 1. The van der Waals surface area contributed by atoms with Crippen molar-refractivity contribution in [1.29, 1.82) is 0 Å². The van der Waals surface area contributed by atoms with E-state index in [1.807, 2.05) is 0 Å². The van der Waals surface area contributed by atoms with Crippen LogP contribution in [0.5, 0.6) is 0 Å².